The van der Waals surface area contributed by atoms with E-state index in [9.17, 15) is 22.7 Å². The van der Waals surface area contributed by atoms with Gasteiger partial charge in [-0.2, -0.15) is 0 Å². The summed E-state index contributed by atoms with van der Waals surface area (Å²) < 4.78 is 45.4. The van der Waals surface area contributed by atoms with Crippen LogP contribution in [0.1, 0.15) is 18.4 Å². The zero-order valence-corrected chi connectivity index (χ0v) is 13.6. The molecule has 0 saturated carbocycles. The third-order valence-corrected chi connectivity index (χ3v) is 5.65. The zero-order valence-electron chi connectivity index (χ0n) is 12.8. The Morgan fingerprint density at radius 2 is 2.09 bits per heavy atom. The minimum absolute atomic E-state index is 0.141. The lowest BCUT2D eigenvalue weighted by atomic mass is 9.86. The number of ether oxygens (including phenoxy) is 1. The van der Waals surface area contributed by atoms with Crippen LogP contribution in [0.25, 0.3) is 0 Å². The van der Waals surface area contributed by atoms with Gasteiger partial charge in [0.05, 0.1) is 10.8 Å². The molecule has 1 saturated heterocycles. The number of carbonyl (C=O) groups is 1. The number of carboxylic acid groups (broad SMARTS) is 1. The second kappa shape index (κ2) is 7.37. The smallest absolute Gasteiger partial charge is 0.308 e. The van der Waals surface area contributed by atoms with Gasteiger partial charge in [-0.25, -0.2) is 17.5 Å². The first kappa shape index (κ1) is 17.8. The fourth-order valence-corrected chi connectivity index (χ4v) is 4.03. The highest BCUT2D eigenvalue weighted by Crippen LogP contribution is 2.24. The largest absolute Gasteiger partial charge is 0.481 e. The van der Waals surface area contributed by atoms with E-state index in [4.69, 9.17) is 4.74 Å². The molecule has 0 bridgehead atoms. The Kier molecular flexibility index (Phi) is 5.72. The quantitative estimate of drug-likeness (QED) is 0.816. The molecule has 1 atom stereocenters. The average molecular weight is 345 g/mol. The molecule has 0 aromatic heterocycles. The van der Waals surface area contributed by atoms with Crippen molar-refractivity contribution in [2.75, 3.05) is 19.8 Å². The van der Waals surface area contributed by atoms with Crippen molar-refractivity contribution in [2.45, 2.75) is 24.7 Å². The molecule has 0 aliphatic carbocycles. The van der Waals surface area contributed by atoms with Crippen molar-refractivity contribution < 1.29 is 27.4 Å². The van der Waals surface area contributed by atoms with Crippen LogP contribution in [0.3, 0.4) is 0 Å². The highest BCUT2D eigenvalue weighted by atomic mass is 32.2. The third-order valence-electron chi connectivity index (χ3n) is 4.09. The molecule has 2 N–H and O–H groups in total. The summed E-state index contributed by atoms with van der Waals surface area (Å²) in [5.74, 6) is -2.68. The lowest BCUT2D eigenvalue weighted by Crippen LogP contribution is -2.39. The van der Waals surface area contributed by atoms with Crippen molar-refractivity contribution in [3.63, 3.8) is 0 Å². The van der Waals surface area contributed by atoms with E-state index in [0.29, 0.717) is 31.6 Å². The van der Waals surface area contributed by atoms with Crippen molar-refractivity contribution in [2.24, 2.45) is 11.8 Å². The zero-order chi connectivity index (χ0) is 17.0. The minimum atomic E-state index is -3.97. The molecule has 1 aromatic carbocycles. The molecule has 8 heteroatoms. The number of aryl methyl sites for hydroxylation is 1. The van der Waals surface area contributed by atoms with Crippen molar-refractivity contribution in [1.29, 1.82) is 0 Å². The van der Waals surface area contributed by atoms with Crippen molar-refractivity contribution >= 4 is 16.0 Å². The predicted octanol–water partition coefficient (Wildman–Crippen LogP) is 1.54. The van der Waals surface area contributed by atoms with Gasteiger partial charge in [0.1, 0.15) is 5.82 Å². The second-order valence-electron chi connectivity index (χ2n) is 5.66. The van der Waals surface area contributed by atoms with Crippen LogP contribution in [0.4, 0.5) is 4.39 Å². The topological polar surface area (TPSA) is 92.7 Å². The molecule has 6 nitrogen and oxygen atoms in total. The van der Waals surface area contributed by atoms with Gasteiger partial charge in [-0.3, -0.25) is 4.79 Å². The molecule has 1 aromatic rings. The van der Waals surface area contributed by atoms with Crippen LogP contribution in [0.5, 0.6) is 0 Å². The molecule has 0 spiro atoms. The molecular formula is C15H20FNO5S. The van der Waals surface area contributed by atoms with Crippen LogP contribution in [0, 0.1) is 24.6 Å². The second-order valence-corrected chi connectivity index (χ2v) is 7.39. The summed E-state index contributed by atoms with van der Waals surface area (Å²) >= 11 is 0. The summed E-state index contributed by atoms with van der Waals surface area (Å²) in [5, 5.41) is 9.36. The van der Waals surface area contributed by atoms with Gasteiger partial charge >= 0.3 is 5.97 Å². The first-order valence-electron chi connectivity index (χ1n) is 7.37. The number of benzene rings is 1. The summed E-state index contributed by atoms with van der Waals surface area (Å²) in [6.45, 7) is 2.29. The maximum Gasteiger partial charge on any atom is 0.308 e. The molecule has 0 radical (unpaired) electrons. The number of nitrogens with one attached hydrogen (secondary N) is 1. The Hall–Kier alpha value is -1.51. The minimum Gasteiger partial charge on any atom is -0.481 e. The van der Waals surface area contributed by atoms with Crippen molar-refractivity contribution in [3.8, 4) is 0 Å². The Morgan fingerprint density at radius 1 is 1.43 bits per heavy atom. The summed E-state index contributed by atoms with van der Waals surface area (Å²) in [6, 6.07) is 3.48. The van der Waals surface area contributed by atoms with Crippen LogP contribution in [0.15, 0.2) is 23.1 Å². The molecule has 0 amide bonds. The fraction of sp³-hybridized carbons (Fsp3) is 0.533. The highest BCUT2D eigenvalue weighted by molar-refractivity contribution is 7.89. The molecular weight excluding hydrogens is 325 g/mol. The van der Waals surface area contributed by atoms with E-state index in [0.717, 1.165) is 6.07 Å². The predicted molar refractivity (Wildman–Crippen MR) is 81.0 cm³/mol. The van der Waals surface area contributed by atoms with Gasteiger partial charge < -0.3 is 9.84 Å². The SMILES string of the molecule is Cc1ccc(F)cc1S(=O)(=O)NCC(C(=O)O)C1CCOCC1. The first-order valence-corrected chi connectivity index (χ1v) is 8.86. The van der Waals surface area contributed by atoms with E-state index in [2.05, 4.69) is 4.72 Å². The van der Waals surface area contributed by atoms with Gasteiger partial charge in [0.25, 0.3) is 0 Å². The molecule has 1 aliphatic rings. The van der Waals surface area contributed by atoms with Crippen LogP contribution in [-0.2, 0) is 19.6 Å². The van der Waals surface area contributed by atoms with Crippen LogP contribution in [-0.4, -0.2) is 39.3 Å². The van der Waals surface area contributed by atoms with E-state index in [-0.39, 0.29) is 17.4 Å². The van der Waals surface area contributed by atoms with Crippen LogP contribution in [0.2, 0.25) is 0 Å². The van der Waals surface area contributed by atoms with Gasteiger partial charge in [-0.15, -0.1) is 0 Å². The molecule has 1 fully saturated rings. The molecule has 1 aliphatic heterocycles. The summed E-state index contributed by atoms with van der Waals surface area (Å²) in [7, 11) is -3.97. The maximum absolute atomic E-state index is 13.3. The van der Waals surface area contributed by atoms with Crippen LogP contribution < -0.4 is 4.72 Å². The molecule has 1 unspecified atom stereocenters. The summed E-state index contributed by atoms with van der Waals surface area (Å²) in [4.78, 5) is 11.3. The van der Waals surface area contributed by atoms with Crippen molar-refractivity contribution in [1.82, 2.24) is 4.72 Å². The summed E-state index contributed by atoms with van der Waals surface area (Å²) in [6.07, 6.45) is 1.16. The monoisotopic (exact) mass is 345 g/mol. The molecule has 1 heterocycles. The van der Waals surface area contributed by atoms with E-state index >= 15 is 0 Å². The first-order chi connectivity index (χ1) is 10.8. The fourth-order valence-electron chi connectivity index (χ4n) is 2.71. The number of hydrogen-bond acceptors (Lipinski definition) is 4. The highest BCUT2D eigenvalue weighted by Gasteiger charge is 2.31. The molecule has 2 rings (SSSR count). The third kappa shape index (κ3) is 4.49. The van der Waals surface area contributed by atoms with E-state index in [1.54, 1.807) is 6.92 Å². The number of aliphatic carboxylic acids is 1. The lowest BCUT2D eigenvalue weighted by Gasteiger charge is -2.27. The number of carboxylic acids is 1. The number of sulfonamides is 1. The van der Waals surface area contributed by atoms with E-state index in [1.165, 1.54) is 12.1 Å². The number of rotatable bonds is 6. The van der Waals surface area contributed by atoms with E-state index < -0.39 is 27.7 Å². The van der Waals surface area contributed by atoms with Gasteiger partial charge in [0, 0.05) is 19.8 Å². The summed E-state index contributed by atoms with van der Waals surface area (Å²) in [5.41, 5.74) is 0.400. The number of hydrogen-bond donors (Lipinski definition) is 2. The average Bonchev–Trinajstić information content (AvgIpc) is 2.50. The Morgan fingerprint density at radius 3 is 2.70 bits per heavy atom. The van der Waals surface area contributed by atoms with Gasteiger partial charge in [0.2, 0.25) is 10.0 Å². The lowest BCUT2D eigenvalue weighted by molar-refractivity contribution is -0.144. The van der Waals surface area contributed by atoms with Crippen LogP contribution >= 0.6 is 0 Å². The standard InChI is InChI=1S/C15H20FNO5S/c1-10-2-3-12(16)8-14(10)23(20,21)17-9-13(15(18)19)11-4-6-22-7-5-11/h2-3,8,11,13,17H,4-7,9H2,1H3,(H,18,19). The Balaban J connectivity index is 2.12. The van der Waals surface area contributed by atoms with Gasteiger partial charge in [0.15, 0.2) is 0 Å². The Labute approximate surface area is 134 Å². The van der Waals surface area contributed by atoms with E-state index in [1.807, 2.05) is 0 Å². The Bertz CT molecular complexity index is 670. The van der Waals surface area contributed by atoms with Gasteiger partial charge in [-0.05, 0) is 43.4 Å². The normalized spacial score (nSPS) is 17.8. The van der Waals surface area contributed by atoms with Gasteiger partial charge in [-0.1, -0.05) is 6.07 Å². The maximum atomic E-state index is 13.3. The molecule has 23 heavy (non-hydrogen) atoms. The number of halogens is 1. The van der Waals surface area contributed by atoms with Crippen molar-refractivity contribution in [3.05, 3.63) is 29.6 Å². The molecule has 128 valence electrons.